The number of ketones is 1. The fourth-order valence-electron chi connectivity index (χ4n) is 1.64. The topological polar surface area (TPSA) is 17.1 Å². The third-order valence-corrected chi connectivity index (χ3v) is 3.57. The first-order valence-electron chi connectivity index (χ1n) is 3.63. The highest BCUT2D eigenvalue weighted by Crippen LogP contribution is 2.41. The third-order valence-electron chi connectivity index (χ3n) is 2.25. The normalized spacial score (nSPS) is 38.6. The van der Waals surface area contributed by atoms with Gasteiger partial charge < -0.3 is 0 Å². The zero-order valence-corrected chi connectivity index (χ0v) is 8.23. The first-order chi connectivity index (χ1) is 4.45. The summed E-state index contributed by atoms with van der Waals surface area (Å²) in [7, 11) is 0. The van der Waals surface area contributed by atoms with Crippen LogP contribution in [0, 0.1) is 11.3 Å². The van der Waals surface area contributed by atoms with Gasteiger partial charge in [-0.2, -0.15) is 0 Å². The van der Waals surface area contributed by atoms with Crippen molar-refractivity contribution in [2.24, 2.45) is 11.3 Å². The molecule has 1 fully saturated rings. The molecule has 10 heavy (non-hydrogen) atoms. The summed E-state index contributed by atoms with van der Waals surface area (Å²) in [5, 5.41) is 0. The maximum Gasteiger partial charge on any atom is 0.152 e. The Morgan fingerprint density at radius 2 is 2.10 bits per heavy atom. The second-order valence-corrected chi connectivity index (χ2v) is 4.82. The molecule has 0 radical (unpaired) electrons. The monoisotopic (exact) mass is 204 g/mol. The van der Waals surface area contributed by atoms with Crippen LogP contribution in [0.2, 0.25) is 0 Å². The van der Waals surface area contributed by atoms with Crippen LogP contribution in [0.4, 0.5) is 0 Å². The molecule has 2 unspecified atom stereocenters. The highest BCUT2D eigenvalue weighted by Gasteiger charge is 2.43. The summed E-state index contributed by atoms with van der Waals surface area (Å²) >= 11 is 3.40. The van der Waals surface area contributed by atoms with E-state index in [1.807, 2.05) is 13.8 Å². The Kier molecular flexibility index (Phi) is 1.92. The predicted molar refractivity (Wildman–Crippen MR) is 45.3 cm³/mol. The van der Waals surface area contributed by atoms with Crippen molar-refractivity contribution >= 4 is 21.7 Å². The molecule has 0 amide bonds. The lowest BCUT2D eigenvalue weighted by Gasteiger charge is -2.13. The predicted octanol–water partition coefficient (Wildman–Crippen LogP) is 2.39. The van der Waals surface area contributed by atoms with E-state index < -0.39 is 0 Å². The first-order valence-corrected chi connectivity index (χ1v) is 4.55. The van der Waals surface area contributed by atoms with Crippen LogP contribution in [0.25, 0.3) is 0 Å². The summed E-state index contributed by atoms with van der Waals surface area (Å²) in [6.45, 7) is 6.16. The molecule has 58 valence electrons. The fraction of sp³-hybridized carbons (Fsp3) is 0.875. The van der Waals surface area contributed by atoms with Crippen molar-refractivity contribution in [3.05, 3.63) is 0 Å². The lowest BCUT2D eigenvalue weighted by atomic mass is 9.90. The van der Waals surface area contributed by atoms with Crippen molar-refractivity contribution in [1.82, 2.24) is 0 Å². The van der Waals surface area contributed by atoms with E-state index in [1.54, 1.807) is 0 Å². The molecule has 0 aliphatic heterocycles. The van der Waals surface area contributed by atoms with Crippen molar-refractivity contribution in [2.75, 3.05) is 0 Å². The van der Waals surface area contributed by atoms with E-state index in [4.69, 9.17) is 0 Å². The van der Waals surface area contributed by atoms with Gasteiger partial charge in [0.15, 0.2) is 5.78 Å². The smallest absolute Gasteiger partial charge is 0.152 e. The number of alkyl halides is 1. The van der Waals surface area contributed by atoms with E-state index in [9.17, 15) is 4.79 Å². The summed E-state index contributed by atoms with van der Waals surface area (Å²) in [6.07, 6.45) is 1.02. The number of halogens is 1. The quantitative estimate of drug-likeness (QED) is 0.555. The second-order valence-electron chi connectivity index (χ2n) is 3.83. The largest absolute Gasteiger partial charge is 0.298 e. The van der Waals surface area contributed by atoms with Crippen molar-refractivity contribution in [1.29, 1.82) is 0 Å². The van der Waals surface area contributed by atoms with Crippen LogP contribution in [0.1, 0.15) is 27.2 Å². The molecule has 0 aromatic heterocycles. The molecule has 0 bridgehead atoms. The number of hydrogen-bond donors (Lipinski definition) is 0. The zero-order chi connectivity index (χ0) is 7.94. The van der Waals surface area contributed by atoms with E-state index in [0.29, 0.717) is 11.7 Å². The Morgan fingerprint density at radius 1 is 1.60 bits per heavy atom. The van der Waals surface area contributed by atoms with Gasteiger partial charge in [0.25, 0.3) is 0 Å². The summed E-state index contributed by atoms with van der Waals surface area (Å²) in [4.78, 5) is 11.5. The van der Waals surface area contributed by atoms with Crippen LogP contribution in [0.3, 0.4) is 0 Å². The molecular formula is C8H13BrO. The average molecular weight is 205 g/mol. The van der Waals surface area contributed by atoms with E-state index >= 15 is 0 Å². The maximum absolute atomic E-state index is 11.4. The molecule has 0 N–H and O–H groups in total. The minimum Gasteiger partial charge on any atom is -0.298 e. The van der Waals surface area contributed by atoms with E-state index in [0.717, 1.165) is 6.42 Å². The average Bonchev–Trinajstić information content (AvgIpc) is 1.95. The van der Waals surface area contributed by atoms with Gasteiger partial charge in [-0.1, -0.05) is 36.7 Å². The van der Waals surface area contributed by atoms with Gasteiger partial charge in [-0.15, -0.1) is 0 Å². The number of hydrogen-bond acceptors (Lipinski definition) is 1. The molecule has 0 aromatic rings. The Labute approximate surface area is 70.3 Å². The van der Waals surface area contributed by atoms with Crippen LogP contribution < -0.4 is 0 Å². The van der Waals surface area contributed by atoms with Gasteiger partial charge in [0.1, 0.15) is 0 Å². The minimum absolute atomic E-state index is 0.0897. The fourth-order valence-corrected chi connectivity index (χ4v) is 2.45. The van der Waals surface area contributed by atoms with E-state index in [1.165, 1.54) is 0 Å². The number of carbonyl (C=O) groups excluding carboxylic acids is 1. The van der Waals surface area contributed by atoms with Gasteiger partial charge in [-0.25, -0.2) is 0 Å². The van der Waals surface area contributed by atoms with Gasteiger partial charge in [0.2, 0.25) is 0 Å². The Hall–Kier alpha value is 0.150. The minimum atomic E-state index is -0.0897. The highest BCUT2D eigenvalue weighted by molar-refractivity contribution is 9.10. The molecule has 0 aromatic carbocycles. The molecule has 0 spiro atoms. The molecule has 0 saturated heterocycles. The van der Waals surface area contributed by atoms with Crippen molar-refractivity contribution in [3.8, 4) is 0 Å². The second kappa shape index (κ2) is 2.33. The van der Waals surface area contributed by atoms with Crippen molar-refractivity contribution in [2.45, 2.75) is 32.0 Å². The van der Waals surface area contributed by atoms with Crippen LogP contribution in [-0.2, 0) is 4.79 Å². The zero-order valence-electron chi connectivity index (χ0n) is 6.65. The van der Waals surface area contributed by atoms with E-state index in [-0.39, 0.29) is 10.2 Å². The van der Waals surface area contributed by atoms with Crippen LogP contribution in [-0.4, -0.2) is 10.6 Å². The molecule has 2 heteroatoms. The summed E-state index contributed by atoms with van der Waals surface area (Å²) < 4.78 is 0. The molecule has 0 heterocycles. The standard InChI is InChI=1S/C8H13BrO/c1-5-4-8(2,3)7(10)6(5)9/h5-6H,4H2,1-3H3. The van der Waals surface area contributed by atoms with Crippen LogP contribution in [0.5, 0.6) is 0 Å². The number of Topliss-reactive ketones (excluding diaryl/α,β-unsaturated/α-hetero) is 1. The van der Waals surface area contributed by atoms with Crippen LogP contribution >= 0.6 is 15.9 Å². The SMILES string of the molecule is CC1CC(C)(C)C(=O)C1Br. The van der Waals surface area contributed by atoms with E-state index in [2.05, 4.69) is 22.9 Å². The lowest BCUT2D eigenvalue weighted by molar-refractivity contribution is -0.123. The Morgan fingerprint density at radius 3 is 2.20 bits per heavy atom. The molecule has 2 atom stereocenters. The molecular weight excluding hydrogens is 192 g/mol. The van der Waals surface area contributed by atoms with Gasteiger partial charge in [-0.05, 0) is 12.3 Å². The van der Waals surface area contributed by atoms with Gasteiger partial charge in [0, 0.05) is 5.41 Å². The van der Waals surface area contributed by atoms with Gasteiger partial charge in [-0.3, -0.25) is 4.79 Å². The lowest BCUT2D eigenvalue weighted by Crippen LogP contribution is -2.21. The summed E-state index contributed by atoms with van der Waals surface area (Å²) in [5.41, 5.74) is -0.0897. The molecule has 1 aliphatic rings. The molecule has 1 aliphatic carbocycles. The molecule has 1 rings (SSSR count). The molecule has 1 saturated carbocycles. The van der Waals surface area contributed by atoms with Crippen molar-refractivity contribution < 1.29 is 4.79 Å². The van der Waals surface area contributed by atoms with Gasteiger partial charge >= 0.3 is 0 Å². The number of carbonyl (C=O) groups is 1. The van der Waals surface area contributed by atoms with Gasteiger partial charge in [0.05, 0.1) is 4.83 Å². The third kappa shape index (κ3) is 1.14. The maximum atomic E-state index is 11.4. The molecule has 1 nitrogen and oxygen atoms in total. The summed E-state index contributed by atoms with van der Waals surface area (Å²) in [6, 6.07) is 0. The number of rotatable bonds is 0. The van der Waals surface area contributed by atoms with Crippen LogP contribution in [0.15, 0.2) is 0 Å². The highest BCUT2D eigenvalue weighted by atomic mass is 79.9. The Balaban J connectivity index is 2.82. The summed E-state index contributed by atoms with van der Waals surface area (Å²) in [5.74, 6) is 0.863. The first kappa shape index (κ1) is 8.25. The Bertz CT molecular complexity index is 163. The van der Waals surface area contributed by atoms with Crippen molar-refractivity contribution in [3.63, 3.8) is 0 Å².